The molecule has 0 fully saturated rings. The second-order valence-electron chi connectivity index (χ2n) is 6.90. The van der Waals surface area contributed by atoms with Gasteiger partial charge in [0.05, 0.1) is 5.69 Å². The van der Waals surface area contributed by atoms with Gasteiger partial charge in [-0.1, -0.05) is 5.92 Å². The Morgan fingerprint density at radius 3 is 2.55 bits per heavy atom. The van der Waals surface area contributed by atoms with E-state index in [1.807, 2.05) is 32.9 Å². The van der Waals surface area contributed by atoms with Crippen molar-refractivity contribution in [2.75, 3.05) is 18.2 Å². The average Bonchev–Trinajstić information content (AvgIpc) is 2.72. The van der Waals surface area contributed by atoms with Crippen molar-refractivity contribution < 1.29 is 14.1 Å². The third-order valence-corrected chi connectivity index (χ3v) is 4.97. The van der Waals surface area contributed by atoms with E-state index in [1.54, 1.807) is 19.4 Å². The van der Waals surface area contributed by atoms with Gasteiger partial charge in [0.25, 0.3) is 0 Å². The minimum Gasteiger partial charge on any atom is -0.443 e. The Bertz CT molecular complexity index is 691. The van der Waals surface area contributed by atoms with Gasteiger partial charge in [0.1, 0.15) is 18.8 Å². The monoisotopic (exact) mass is 319 g/mol. The van der Waals surface area contributed by atoms with Crippen molar-refractivity contribution in [1.82, 2.24) is 0 Å². The molecule has 1 amide bonds. The molecule has 1 aliphatic heterocycles. The van der Waals surface area contributed by atoms with Gasteiger partial charge in [-0.2, -0.15) is 0 Å². The van der Waals surface area contributed by atoms with E-state index in [0.717, 1.165) is 16.6 Å². The van der Waals surface area contributed by atoms with Gasteiger partial charge in [-0.25, -0.2) is 4.79 Å². The van der Waals surface area contributed by atoms with Crippen LogP contribution < -0.4 is 10.2 Å². The molecule has 2 rings (SSSR count). The fourth-order valence-corrected chi connectivity index (χ4v) is 3.34. The third-order valence-electron chi connectivity index (χ3n) is 3.45. The maximum absolute atomic E-state index is 12.4. The van der Waals surface area contributed by atoms with Gasteiger partial charge in [0.15, 0.2) is 0 Å². The number of terminal acetylenes is 1. The summed E-state index contributed by atoms with van der Waals surface area (Å²) < 4.78 is 17.7. The lowest BCUT2D eigenvalue weighted by Gasteiger charge is -2.27. The molecule has 4 nitrogen and oxygen atoms in total. The Kier molecular flexibility index (Phi) is 4.15. The molecule has 1 aliphatic rings. The van der Waals surface area contributed by atoms with Crippen LogP contribution in [0.4, 0.5) is 10.5 Å². The Morgan fingerprint density at radius 2 is 2.05 bits per heavy atom. The van der Waals surface area contributed by atoms with E-state index in [-0.39, 0.29) is 6.04 Å². The quantitative estimate of drug-likeness (QED) is 0.590. The zero-order chi connectivity index (χ0) is 16.7. The fraction of sp³-hybridized carbons (Fsp3) is 0.471. The topological polar surface area (TPSA) is 46.6 Å². The van der Waals surface area contributed by atoms with Gasteiger partial charge >= 0.3 is 6.09 Å². The van der Waals surface area contributed by atoms with Gasteiger partial charge in [-0.05, 0) is 57.9 Å². The molecular formula is C17H22NO3P. The molecule has 0 aromatic heterocycles. The van der Waals surface area contributed by atoms with E-state index in [0.29, 0.717) is 6.42 Å². The number of ether oxygens (including phenoxy) is 1. The van der Waals surface area contributed by atoms with Crippen molar-refractivity contribution in [3.8, 4) is 12.3 Å². The van der Waals surface area contributed by atoms with Crippen molar-refractivity contribution in [2.45, 2.75) is 38.8 Å². The van der Waals surface area contributed by atoms with E-state index in [9.17, 15) is 9.36 Å². The number of hydrogen-bond acceptors (Lipinski definition) is 3. The highest BCUT2D eigenvalue weighted by Gasteiger charge is 2.36. The number of anilines is 1. The normalized spacial score (nSPS) is 17.8. The van der Waals surface area contributed by atoms with Crippen LogP contribution in [-0.4, -0.2) is 31.1 Å². The minimum atomic E-state index is -2.34. The van der Waals surface area contributed by atoms with Crippen molar-refractivity contribution in [3.63, 3.8) is 0 Å². The third kappa shape index (κ3) is 3.36. The highest BCUT2D eigenvalue weighted by molar-refractivity contribution is 7.70. The van der Waals surface area contributed by atoms with Crippen molar-refractivity contribution in [2.24, 2.45) is 0 Å². The van der Waals surface area contributed by atoms with Gasteiger partial charge in [0, 0.05) is 11.7 Å². The Labute approximate surface area is 132 Å². The molecule has 0 aliphatic carbocycles. The van der Waals surface area contributed by atoms with Crippen LogP contribution in [0.1, 0.15) is 26.3 Å². The van der Waals surface area contributed by atoms with Crippen LogP contribution in [0.25, 0.3) is 0 Å². The van der Waals surface area contributed by atoms with Crippen LogP contribution in [-0.2, 0) is 15.7 Å². The standard InChI is InChI=1S/C17H22NO3P/c1-7-13-10-12-11-14(22(5,6)20)8-9-15(12)18(13)16(19)21-17(2,3)4/h1,8-9,11,13H,10H2,2-6H3/t13-/m1/s1. The first-order valence-corrected chi connectivity index (χ1v) is 9.80. The van der Waals surface area contributed by atoms with E-state index < -0.39 is 18.8 Å². The molecule has 1 heterocycles. The molecule has 1 atom stereocenters. The number of hydrogen-bond donors (Lipinski definition) is 0. The summed E-state index contributed by atoms with van der Waals surface area (Å²) in [6.45, 7) is 8.92. The molecule has 1 aromatic rings. The van der Waals surface area contributed by atoms with Gasteiger partial charge in [-0.15, -0.1) is 6.42 Å². The highest BCUT2D eigenvalue weighted by atomic mass is 31.2. The van der Waals surface area contributed by atoms with Crippen LogP contribution >= 0.6 is 7.14 Å². The van der Waals surface area contributed by atoms with E-state index in [1.165, 1.54) is 4.90 Å². The van der Waals surface area contributed by atoms with Crippen molar-refractivity contribution in [1.29, 1.82) is 0 Å². The summed E-state index contributed by atoms with van der Waals surface area (Å²) in [6, 6.07) is 5.14. The largest absolute Gasteiger partial charge is 0.443 e. The summed E-state index contributed by atoms with van der Waals surface area (Å²) in [5.74, 6) is 2.64. The van der Waals surface area contributed by atoms with E-state index >= 15 is 0 Å². The molecule has 0 saturated carbocycles. The zero-order valence-electron chi connectivity index (χ0n) is 13.7. The Morgan fingerprint density at radius 1 is 1.41 bits per heavy atom. The fourth-order valence-electron chi connectivity index (χ4n) is 2.44. The first-order chi connectivity index (χ1) is 10.0. The molecular weight excluding hydrogens is 297 g/mol. The van der Waals surface area contributed by atoms with Crippen LogP contribution in [0.5, 0.6) is 0 Å². The maximum Gasteiger partial charge on any atom is 0.415 e. The molecule has 22 heavy (non-hydrogen) atoms. The lowest BCUT2D eigenvalue weighted by Crippen LogP contribution is -2.40. The first kappa shape index (κ1) is 16.6. The molecule has 0 unspecified atom stereocenters. The van der Waals surface area contributed by atoms with Crippen molar-refractivity contribution >= 4 is 24.2 Å². The van der Waals surface area contributed by atoms with Crippen molar-refractivity contribution in [3.05, 3.63) is 23.8 Å². The average molecular weight is 319 g/mol. The lowest BCUT2D eigenvalue weighted by atomic mass is 10.1. The zero-order valence-corrected chi connectivity index (χ0v) is 14.6. The van der Waals surface area contributed by atoms with Gasteiger partial charge < -0.3 is 9.30 Å². The van der Waals surface area contributed by atoms with Crippen LogP contribution in [0, 0.1) is 12.3 Å². The molecule has 1 aromatic carbocycles. The number of nitrogens with zero attached hydrogens (tertiary/aromatic N) is 1. The minimum absolute atomic E-state index is 0.367. The first-order valence-electron chi connectivity index (χ1n) is 7.20. The lowest BCUT2D eigenvalue weighted by molar-refractivity contribution is 0.0577. The molecule has 0 saturated heterocycles. The number of amides is 1. The molecule has 0 bridgehead atoms. The van der Waals surface area contributed by atoms with Crippen LogP contribution in [0.3, 0.4) is 0 Å². The second kappa shape index (κ2) is 5.48. The molecule has 0 N–H and O–H groups in total. The predicted molar refractivity (Wildman–Crippen MR) is 90.6 cm³/mol. The summed E-state index contributed by atoms with van der Waals surface area (Å²) in [7, 11) is -2.34. The Balaban J connectivity index is 2.41. The summed E-state index contributed by atoms with van der Waals surface area (Å²) >= 11 is 0. The number of benzene rings is 1. The second-order valence-corrected chi connectivity index (χ2v) is 10.1. The SMILES string of the molecule is C#C[C@@H]1Cc2cc(P(C)(C)=O)ccc2N1C(=O)OC(C)(C)C. The maximum atomic E-state index is 12.4. The van der Waals surface area contributed by atoms with Crippen LogP contribution in [0.15, 0.2) is 18.2 Å². The highest BCUT2D eigenvalue weighted by Crippen LogP contribution is 2.39. The van der Waals surface area contributed by atoms with E-state index in [2.05, 4.69) is 5.92 Å². The van der Waals surface area contributed by atoms with Crippen LogP contribution in [0.2, 0.25) is 0 Å². The molecule has 0 spiro atoms. The molecule has 118 valence electrons. The number of carbonyl (C=O) groups excluding carboxylic acids is 1. The summed E-state index contributed by atoms with van der Waals surface area (Å²) in [5, 5.41) is 0.799. The van der Waals surface area contributed by atoms with Gasteiger partial charge in [-0.3, -0.25) is 4.90 Å². The van der Waals surface area contributed by atoms with Gasteiger partial charge in [0.2, 0.25) is 0 Å². The Hall–Kier alpha value is -1.72. The van der Waals surface area contributed by atoms with E-state index in [4.69, 9.17) is 11.2 Å². The summed E-state index contributed by atoms with van der Waals surface area (Å²) in [5.41, 5.74) is 1.10. The summed E-state index contributed by atoms with van der Waals surface area (Å²) in [6.07, 6.45) is 5.68. The number of rotatable bonds is 1. The molecule has 5 heteroatoms. The smallest absolute Gasteiger partial charge is 0.415 e. The predicted octanol–water partition coefficient (Wildman–Crippen LogP) is 3.23. The number of carbonyl (C=O) groups is 1. The number of fused-ring (bicyclic) bond motifs is 1. The molecule has 0 radical (unpaired) electrons. The summed E-state index contributed by atoms with van der Waals surface area (Å²) in [4.78, 5) is 13.9.